The Kier molecular flexibility index (Phi) is 5.55. The van der Waals surface area contributed by atoms with Crippen molar-refractivity contribution in [2.75, 3.05) is 0 Å². The zero-order valence-corrected chi connectivity index (χ0v) is 15.6. The summed E-state index contributed by atoms with van der Waals surface area (Å²) >= 11 is 12.6. The van der Waals surface area contributed by atoms with Crippen molar-refractivity contribution in [1.82, 2.24) is 9.97 Å². The molecular formula is C20H16Cl2N2O2. The van der Waals surface area contributed by atoms with Crippen molar-refractivity contribution in [2.45, 2.75) is 19.8 Å². The molecule has 0 saturated heterocycles. The van der Waals surface area contributed by atoms with E-state index in [1.807, 2.05) is 42.5 Å². The highest BCUT2D eigenvalue weighted by atomic mass is 35.5. The van der Waals surface area contributed by atoms with Gasteiger partial charge in [-0.3, -0.25) is 0 Å². The lowest BCUT2D eigenvalue weighted by Crippen LogP contribution is -2.13. The number of benzene rings is 2. The van der Waals surface area contributed by atoms with Gasteiger partial charge in [0.15, 0.2) is 0 Å². The molecule has 1 heterocycles. The average molecular weight is 387 g/mol. The number of rotatable bonds is 5. The predicted octanol–water partition coefficient (Wildman–Crippen LogP) is 4.97. The molecule has 26 heavy (non-hydrogen) atoms. The molecule has 0 saturated carbocycles. The maximum atomic E-state index is 11.4. The first-order valence-electron chi connectivity index (χ1n) is 8.02. The zero-order valence-electron chi connectivity index (χ0n) is 14.0. The largest absolute Gasteiger partial charge is 0.475 e. The van der Waals surface area contributed by atoms with E-state index in [0.29, 0.717) is 34.3 Å². The van der Waals surface area contributed by atoms with Crippen LogP contribution < -0.4 is 0 Å². The van der Waals surface area contributed by atoms with E-state index in [1.165, 1.54) is 0 Å². The molecule has 0 bridgehead atoms. The van der Waals surface area contributed by atoms with Gasteiger partial charge in [-0.05, 0) is 35.7 Å². The fourth-order valence-corrected chi connectivity index (χ4v) is 3.19. The van der Waals surface area contributed by atoms with Gasteiger partial charge in [0.05, 0.1) is 5.69 Å². The van der Waals surface area contributed by atoms with E-state index < -0.39 is 5.97 Å². The van der Waals surface area contributed by atoms with E-state index >= 15 is 0 Å². The van der Waals surface area contributed by atoms with Crippen molar-refractivity contribution in [1.29, 1.82) is 0 Å². The maximum Gasteiger partial charge on any atom is 0.373 e. The Morgan fingerprint density at radius 1 is 0.923 bits per heavy atom. The van der Waals surface area contributed by atoms with E-state index in [-0.39, 0.29) is 5.82 Å². The fraction of sp³-hybridized carbons (Fsp3) is 0.150. The standard InChI is InChI=1S/C20H16Cl2N2O2/c1-12-15(10-13-6-2-4-8-16(13)21)18(24-19(23-12)20(25)26)11-14-7-3-5-9-17(14)22/h2-9H,10-11H2,1H3,(H,25,26). The van der Waals surface area contributed by atoms with Gasteiger partial charge in [0.2, 0.25) is 5.82 Å². The number of aromatic carboxylic acids is 1. The van der Waals surface area contributed by atoms with E-state index in [2.05, 4.69) is 9.97 Å². The molecular weight excluding hydrogens is 371 g/mol. The fourth-order valence-electron chi connectivity index (χ4n) is 2.78. The summed E-state index contributed by atoms with van der Waals surface area (Å²) in [5, 5.41) is 10.6. The second-order valence-corrected chi connectivity index (χ2v) is 6.71. The molecule has 1 aromatic heterocycles. The number of carboxylic acids is 1. The predicted molar refractivity (Wildman–Crippen MR) is 102 cm³/mol. The van der Waals surface area contributed by atoms with Gasteiger partial charge in [-0.15, -0.1) is 0 Å². The number of hydrogen-bond donors (Lipinski definition) is 1. The van der Waals surface area contributed by atoms with Gasteiger partial charge >= 0.3 is 5.97 Å². The summed E-state index contributed by atoms with van der Waals surface area (Å²) in [4.78, 5) is 19.8. The van der Waals surface area contributed by atoms with Gasteiger partial charge in [0.25, 0.3) is 0 Å². The summed E-state index contributed by atoms with van der Waals surface area (Å²) in [5.41, 5.74) is 3.94. The Bertz CT molecular complexity index is 974. The van der Waals surface area contributed by atoms with Crippen molar-refractivity contribution in [3.05, 3.63) is 92.5 Å². The van der Waals surface area contributed by atoms with Crippen LogP contribution in [0.1, 0.15) is 38.7 Å². The summed E-state index contributed by atoms with van der Waals surface area (Å²) in [5.74, 6) is -1.37. The number of aromatic nitrogens is 2. The van der Waals surface area contributed by atoms with Crippen LogP contribution in [0, 0.1) is 6.92 Å². The lowest BCUT2D eigenvalue weighted by molar-refractivity contribution is 0.0682. The number of carboxylic acid groups (broad SMARTS) is 1. The smallest absolute Gasteiger partial charge is 0.373 e. The SMILES string of the molecule is Cc1nc(C(=O)O)nc(Cc2ccccc2Cl)c1Cc1ccccc1Cl. The van der Waals surface area contributed by atoms with Gasteiger partial charge in [0.1, 0.15) is 0 Å². The Labute approximate surface area is 161 Å². The Morgan fingerprint density at radius 3 is 2.00 bits per heavy atom. The summed E-state index contributed by atoms with van der Waals surface area (Å²) < 4.78 is 0. The molecule has 0 aliphatic carbocycles. The second-order valence-electron chi connectivity index (χ2n) is 5.90. The topological polar surface area (TPSA) is 63.1 Å². The highest BCUT2D eigenvalue weighted by Crippen LogP contribution is 2.25. The highest BCUT2D eigenvalue weighted by Gasteiger charge is 2.18. The summed E-state index contributed by atoms with van der Waals surface area (Å²) in [6.07, 6.45) is 0.939. The molecule has 3 aromatic rings. The van der Waals surface area contributed by atoms with Gasteiger partial charge in [0, 0.05) is 28.6 Å². The van der Waals surface area contributed by atoms with Crippen LogP contribution in [0.15, 0.2) is 48.5 Å². The van der Waals surface area contributed by atoms with E-state index in [4.69, 9.17) is 23.2 Å². The number of hydrogen-bond acceptors (Lipinski definition) is 3. The second kappa shape index (κ2) is 7.85. The average Bonchev–Trinajstić information content (AvgIpc) is 2.61. The monoisotopic (exact) mass is 386 g/mol. The van der Waals surface area contributed by atoms with Gasteiger partial charge in [-0.2, -0.15) is 0 Å². The molecule has 0 fully saturated rings. The molecule has 0 atom stereocenters. The quantitative estimate of drug-likeness (QED) is 0.671. The molecule has 6 heteroatoms. The van der Waals surface area contributed by atoms with Crippen molar-refractivity contribution >= 4 is 29.2 Å². The molecule has 3 rings (SSSR count). The van der Waals surface area contributed by atoms with Gasteiger partial charge in [-0.1, -0.05) is 59.6 Å². The molecule has 1 N–H and O–H groups in total. The number of carbonyl (C=O) groups is 1. The van der Waals surface area contributed by atoms with E-state index in [0.717, 1.165) is 16.7 Å². The van der Waals surface area contributed by atoms with Crippen molar-refractivity contribution in [3.8, 4) is 0 Å². The van der Waals surface area contributed by atoms with Crippen LogP contribution in [0.4, 0.5) is 0 Å². The minimum absolute atomic E-state index is 0.215. The Balaban J connectivity index is 2.09. The first-order valence-corrected chi connectivity index (χ1v) is 8.77. The highest BCUT2D eigenvalue weighted by molar-refractivity contribution is 6.31. The molecule has 132 valence electrons. The van der Waals surface area contributed by atoms with Gasteiger partial charge in [-0.25, -0.2) is 14.8 Å². The molecule has 2 aromatic carbocycles. The van der Waals surface area contributed by atoms with Crippen LogP contribution in [-0.2, 0) is 12.8 Å². The van der Waals surface area contributed by atoms with Crippen LogP contribution >= 0.6 is 23.2 Å². The molecule has 0 unspecified atom stereocenters. The molecule has 0 aliphatic rings. The third-order valence-corrected chi connectivity index (χ3v) is 4.87. The maximum absolute atomic E-state index is 11.4. The molecule has 0 amide bonds. The lowest BCUT2D eigenvalue weighted by Gasteiger charge is -2.14. The van der Waals surface area contributed by atoms with E-state index in [9.17, 15) is 9.90 Å². The zero-order chi connectivity index (χ0) is 18.7. The number of nitrogens with zero attached hydrogens (tertiary/aromatic N) is 2. The number of aryl methyl sites for hydroxylation is 1. The van der Waals surface area contributed by atoms with Crippen molar-refractivity contribution in [3.63, 3.8) is 0 Å². The van der Waals surface area contributed by atoms with E-state index in [1.54, 1.807) is 13.0 Å². The van der Waals surface area contributed by atoms with Gasteiger partial charge < -0.3 is 5.11 Å². The lowest BCUT2D eigenvalue weighted by atomic mass is 9.98. The van der Waals surface area contributed by atoms with Crippen molar-refractivity contribution in [2.24, 2.45) is 0 Å². The van der Waals surface area contributed by atoms with Crippen LogP contribution in [-0.4, -0.2) is 21.0 Å². The first kappa shape index (κ1) is 18.4. The van der Waals surface area contributed by atoms with Crippen molar-refractivity contribution < 1.29 is 9.90 Å². The minimum atomic E-state index is -1.15. The van der Waals surface area contributed by atoms with Crippen LogP contribution in [0.3, 0.4) is 0 Å². The first-order chi connectivity index (χ1) is 12.5. The molecule has 0 radical (unpaired) electrons. The summed E-state index contributed by atoms with van der Waals surface area (Å²) in [7, 11) is 0. The third-order valence-electron chi connectivity index (χ3n) is 4.13. The Morgan fingerprint density at radius 2 is 1.46 bits per heavy atom. The number of halogens is 2. The third kappa shape index (κ3) is 4.03. The summed E-state index contributed by atoms with van der Waals surface area (Å²) in [6.45, 7) is 1.79. The molecule has 4 nitrogen and oxygen atoms in total. The van der Waals surface area contributed by atoms with Crippen LogP contribution in [0.2, 0.25) is 10.0 Å². The van der Waals surface area contributed by atoms with Crippen LogP contribution in [0.25, 0.3) is 0 Å². The normalized spacial score (nSPS) is 10.7. The molecule has 0 spiro atoms. The Hall–Kier alpha value is -2.43. The minimum Gasteiger partial charge on any atom is -0.475 e. The summed E-state index contributed by atoms with van der Waals surface area (Å²) in [6, 6.07) is 15.0. The molecule has 0 aliphatic heterocycles. The van der Waals surface area contributed by atoms with Crippen LogP contribution in [0.5, 0.6) is 0 Å².